The van der Waals surface area contributed by atoms with Crippen molar-refractivity contribution in [1.29, 1.82) is 0 Å². The summed E-state index contributed by atoms with van der Waals surface area (Å²) >= 11 is 0. The monoisotopic (exact) mass is 400 g/mol. The van der Waals surface area contributed by atoms with Gasteiger partial charge in [0.25, 0.3) is 5.56 Å². The minimum absolute atomic E-state index is 0.123. The van der Waals surface area contributed by atoms with Crippen molar-refractivity contribution in [2.45, 2.75) is 69.7 Å². The lowest BCUT2D eigenvalue weighted by Crippen LogP contribution is -2.47. The van der Waals surface area contributed by atoms with Gasteiger partial charge >= 0.3 is 0 Å². The Bertz CT molecular complexity index is 863. The summed E-state index contributed by atoms with van der Waals surface area (Å²) in [5, 5.41) is 22.9. The first kappa shape index (κ1) is 20.1. The molecular formula is C21H32N6O2. The van der Waals surface area contributed by atoms with Crippen molar-refractivity contribution in [3.8, 4) is 0 Å². The molecule has 2 aromatic rings. The molecular weight excluding hydrogens is 368 g/mol. The maximum Gasteiger partial charge on any atom is 0.267 e. The molecule has 0 bridgehead atoms. The second kappa shape index (κ2) is 9.09. The molecule has 1 saturated carbocycles. The van der Waals surface area contributed by atoms with E-state index >= 15 is 0 Å². The van der Waals surface area contributed by atoms with Crippen LogP contribution in [0.5, 0.6) is 0 Å². The first-order valence-electron chi connectivity index (χ1n) is 10.9. The Morgan fingerprint density at radius 3 is 2.76 bits per heavy atom. The van der Waals surface area contributed by atoms with Crippen molar-refractivity contribution in [1.82, 2.24) is 24.9 Å². The van der Waals surface area contributed by atoms with Gasteiger partial charge in [-0.3, -0.25) is 9.48 Å². The molecule has 2 aliphatic rings. The van der Waals surface area contributed by atoms with E-state index in [1.54, 1.807) is 6.07 Å². The Labute approximate surface area is 171 Å². The molecule has 4 rings (SSSR count). The van der Waals surface area contributed by atoms with Gasteiger partial charge in [0.15, 0.2) is 0 Å². The molecule has 8 heteroatoms. The van der Waals surface area contributed by atoms with Crippen LogP contribution in [-0.2, 0) is 13.6 Å². The van der Waals surface area contributed by atoms with Gasteiger partial charge in [0.05, 0.1) is 17.8 Å². The number of nitrogens with one attached hydrogen (secondary N) is 1. The van der Waals surface area contributed by atoms with Crippen molar-refractivity contribution in [2.24, 2.45) is 7.05 Å². The van der Waals surface area contributed by atoms with Crippen molar-refractivity contribution < 1.29 is 5.11 Å². The number of nitrogens with zero attached hydrogens (tertiary/aromatic N) is 5. The van der Waals surface area contributed by atoms with E-state index in [1.807, 2.05) is 30.1 Å². The van der Waals surface area contributed by atoms with E-state index < -0.39 is 6.10 Å². The van der Waals surface area contributed by atoms with Crippen LogP contribution in [0.2, 0.25) is 0 Å². The summed E-state index contributed by atoms with van der Waals surface area (Å²) in [7, 11) is 1.96. The lowest BCUT2D eigenvalue weighted by molar-refractivity contribution is 0.0669. The largest absolute Gasteiger partial charge is 0.391 e. The number of hydrogen-bond acceptors (Lipinski definition) is 6. The van der Waals surface area contributed by atoms with Crippen LogP contribution in [0.4, 0.5) is 5.82 Å². The molecule has 1 saturated heterocycles. The van der Waals surface area contributed by atoms with E-state index in [0.29, 0.717) is 6.04 Å². The molecule has 0 spiro atoms. The van der Waals surface area contributed by atoms with E-state index in [9.17, 15) is 9.90 Å². The normalized spacial score (nSPS) is 25.3. The maximum absolute atomic E-state index is 12.5. The standard InChI is InChI=1S/C21H32N6O2/c1-25-16(11-12-23-25)14-22-15-17-6-4-5-13-26(17)20-9-10-21(29)27(24-20)18-7-2-3-8-19(18)28/h9-12,17-19,22,28H,2-8,13-15H2,1H3. The average Bonchev–Trinajstić information content (AvgIpc) is 3.14. The molecule has 3 heterocycles. The van der Waals surface area contributed by atoms with Crippen LogP contribution in [0.25, 0.3) is 0 Å². The Morgan fingerprint density at radius 1 is 1.14 bits per heavy atom. The van der Waals surface area contributed by atoms with Gasteiger partial charge in [-0.25, -0.2) is 4.68 Å². The highest BCUT2D eigenvalue weighted by molar-refractivity contribution is 5.39. The number of hydrogen-bond donors (Lipinski definition) is 2. The van der Waals surface area contributed by atoms with Gasteiger partial charge in [0, 0.05) is 45.0 Å². The molecule has 2 fully saturated rings. The van der Waals surface area contributed by atoms with Crippen LogP contribution in [0.3, 0.4) is 0 Å². The van der Waals surface area contributed by atoms with Gasteiger partial charge in [-0.05, 0) is 44.2 Å². The number of aryl methyl sites for hydroxylation is 1. The summed E-state index contributed by atoms with van der Waals surface area (Å²) in [5.41, 5.74) is 1.04. The molecule has 3 unspecified atom stereocenters. The zero-order valence-electron chi connectivity index (χ0n) is 17.2. The average molecular weight is 401 g/mol. The zero-order valence-corrected chi connectivity index (χ0v) is 17.2. The van der Waals surface area contributed by atoms with E-state index in [2.05, 4.69) is 15.3 Å². The van der Waals surface area contributed by atoms with Gasteiger partial charge < -0.3 is 15.3 Å². The number of piperidine rings is 1. The van der Waals surface area contributed by atoms with Gasteiger partial charge in [0.1, 0.15) is 5.82 Å². The first-order chi connectivity index (χ1) is 14.1. The predicted octanol–water partition coefficient (Wildman–Crippen LogP) is 1.60. The number of aliphatic hydroxyl groups is 1. The summed E-state index contributed by atoms with van der Waals surface area (Å²) in [6, 6.07) is 5.61. The van der Waals surface area contributed by atoms with Gasteiger partial charge in [-0.15, -0.1) is 0 Å². The fourth-order valence-corrected chi connectivity index (χ4v) is 4.64. The van der Waals surface area contributed by atoms with Gasteiger partial charge in [-0.1, -0.05) is 12.8 Å². The highest BCUT2D eigenvalue weighted by Crippen LogP contribution is 2.28. The highest BCUT2D eigenvalue weighted by atomic mass is 16.3. The Hall–Kier alpha value is -2.19. The SMILES string of the molecule is Cn1nccc1CNCC1CCCCN1c1ccc(=O)n(C2CCCCC2O)n1. The first-order valence-corrected chi connectivity index (χ1v) is 10.9. The molecule has 158 valence electrons. The Morgan fingerprint density at radius 2 is 1.97 bits per heavy atom. The van der Waals surface area contributed by atoms with Crippen LogP contribution in [0.15, 0.2) is 29.2 Å². The quantitative estimate of drug-likeness (QED) is 0.766. The summed E-state index contributed by atoms with van der Waals surface area (Å²) in [6.07, 6.45) is 8.37. The number of anilines is 1. The lowest BCUT2D eigenvalue weighted by atomic mass is 9.93. The Balaban J connectivity index is 1.48. The molecule has 0 aromatic carbocycles. The van der Waals surface area contributed by atoms with E-state index in [0.717, 1.165) is 69.7 Å². The minimum Gasteiger partial charge on any atom is -0.391 e. The third-order valence-electron chi connectivity index (χ3n) is 6.35. The van der Waals surface area contributed by atoms with E-state index in [-0.39, 0.29) is 11.6 Å². The van der Waals surface area contributed by atoms with E-state index in [1.165, 1.54) is 11.1 Å². The third kappa shape index (κ3) is 4.53. The maximum atomic E-state index is 12.5. The molecule has 2 aromatic heterocycles. The molecule has 3 atom stereocenters. The number of aromatic nitrogens is 4. The van der Waals surface area contributed by atoms with Gasteiger partial charge in [-0.2, -0.15) is 10.2 Å². The number of aliphatic hydroxyl groups excluding tert-OH is 1. The molecule has 0 radical (unpaired) electrons. The number of rotatable bonds is 6. The van der Waals surface area contributed by atoms with Gasteiger partial charge in [0.2, 0.25) is 0 Å². The highest BCUT2D eigenvalue weighted by Gasteiger charge is 2.28. The third-order valence-corrected chi connectivity index (χ3v) is 6.35. The van der Waals surface area contributed by atoms with Crippen LogP contribution >= 0.6 is 0 Å². The molecule has 29 heavy (non-hydrogen) atoms. The topological polar surface area (TPSA) is 88.2 Å². The second-order valence-corrected chi connectivity index (χ2v) is 8.31. The zero-order chi connectivity index (χ0) is 20.2. The second-order valence-electron chi connectivity index (χ2n) is 8.31. The molecule has 8 nitrogen and oxygen atoms in total. The molecule has 1 aliphatic heterocycles. The van der Waals surface area contributed by atoms with Crippen molar-refractivity contribution in [2.75, 3.05) is 18.0 Å². The van der Waals surface area contributed by atoms with Crippen LogP contribution in [-0.4, -0.2) is 49.9 Å². The molecule has 1 aliphatic carbocycles. The predicted molar refractivity (Wildman–Crippen MR) is 112 cm³/mol. The molecule has 2 N–H and O–H groups in total. The van der Waals surface area contributed by atoms with Crippen molar-refractivity contribution in [3.05, 3.63) is 40.4 Å². The van der Waals surface area contributed by atoms with Crippen LogP contribution in [0, 0.1) is 0 Å². The molecule has 0 amide bonds. The fourth-order valence-electron chi connectivity index (χ4n) is 4.64. The van der Waals surface area contributed by atoms with Crippen LogP contribution in [0.1, 0.15) is 56.7 Å². The van der Waals surface area contributed by atoms with Crippen LogP contribution < -0.4 is 15.8 Å². The summed E-state index contributed by atoms with van der Waals surface area (Å²) in [6.45, 7) is 2.58. The lowest BCUT2D eigenvalue weighted by Gasteiger charge is -2.37. The summed E-state index contributed by atoms with van der Waals surface area (Å²) in [5.74, 6) is 0.842. The fraction of sp³-hybridized carbons (Fsp3) is 0.667. The summed E-state index contributed by atoms with van der Waals surface area (Å²) in [4.78, 5) is 14.8. The van der Waals surface area contributed by atoms with E-state index in [4.69, 9.17) is 5.10 Å². The minimum atomic E-state index is -0.484. The van der Waals surface area contributed by atoms with Crippen molar-refractivity contribution in [3.63, 3.8) is 0 Å². The Kier molecular flexibility index (Phi) is 6.30. The summed E-state index contributed by atoms with van der Waals surface area (Å²) < 4.78 is 3.42. The van der Waals surface area contributed by atoms with Crippen molar-refractivity contribution >= 4 is 5.82 Å². The smallest absolute Gasteiger partial charge is 0.267 e.